The lowest BCUT2D eigenvalue weighted by Crippen LogP contribution is -2.46. The minimum atomic E-state index is -0.303. The van der Waals surface area contributed by atoms with Gasteiger partial charge in [0.05, 0.1) is 19.3 Å². The average Bonchev–Trinajstić information content (AvgIpc) is 2.48. The van der Waals surface area contributed by atoms with E-state index in [1.165, 1.54) is 12.1 Å². The van der Waals surface area contributed by atoms with Crippen LogP contribution in [0.2, 0.25) is 0 Å². The maximum absolute atomic E-state index is 13.2. The lowest BCUT2D eigenvalue weighted by molar-refractivity contribution is -0.140. The van der Waals surface area contributed by atoms with Crippen LogP contribution in [0.4, 0.5) is 4.39 Å². The highest BCUT2D eigenvalue weighted by Gasteiger charge is 2.23. The normalized spacial score (nSPS) is 19.1. The Kier molecular flexibility index (Phi) is 5.51. The first-order chi connectivity index (χ1) is 9.60. The number of benzene rings is 1. The van der Waals surface area contributed by atoms with Gasteiger partial charge in [0, 0.05) is 24.0 Å². The van der Waals surface area contributed by atoms with Gasteiger partial charge in [0.2, 0.25) is 5.91 Å². The highest BCUT2D eigenvalue weighted by Crippen LogP contribution is 2.20. The van der Waals surface area contributed by atoms with Crippen LogP contribution in [0.1, 0.15) is 12.0 Å². The molecule has 0 spiro atoms. The summed E-state index contributed by atoms with van der Waals surface area (Å²) in [6.07, 6.45) is 0.507. The maximum atomic E-state index is 13.2. The Hall–Kier alpha value is -0.980. The Morgan fingerprint density at radius 2 is 2.35 bits per heavy atom. The van der Waals surface area contributed by atoms with Crippen LogP contribution in [-0.4, -0.2) is 48.3 Å². The highest BCUT2D eigenvalue weighted by molar-refractivity contribution is 9.10. The third-order valence-corrected chi connectivity index (χ3v) is 4.08. The Morgan fingerprint density at radius 3 is 3.10 bits per heavy atom. The molecule has 0 bridgehead atoms. The van der Waals surface area contributed by atoms with Gasteiger partial charge < -0.3 is 14.7 Å². The van der Waals surface area contributed by atoms with E-state index in [0.717, 1.165) is 10.0 Å². The van der Waals surface area contributed by atoms with Crippen molar-refractivity contribution >= 4 is 21.8 Å². The summed E-state index contributed by atoms with van der Waals surface area (Å²) in [6, 6.07) is 4.46. The highest BCUT2D eigenvalue weighted by atomic mass is 79.9. The number of carbonyl (C=O) groups is 1. The molecular weight excluding hydrogens is 329 g/mol. The summed E-state index contributed by atoms with van der Waals surface area (Å²) < 4.78 is 19.3. The van der Waals surface area contributed by atoms with E-state index in [4.69, 9.17) is 9.84 Å². The molecule has 0 aliphatic carbocycles. The minimum Gasteiger partial charge on any atom is -0.394 e. The Balaban J connectivity index is 1.90. The first-order valence-electron chi connectivity index (χ1n) is 6.54. The number of aliphatic hydroxyl groups is 1. The second-order valence-electron chi connectivity index (χ2n) is 4.75. The topological polar surface area (TPSA) is 49.8 Å². The molecule has 1 atom stereocenters. The van der Waals surface area contributed by atoms with E-state index in [1.807, 2.05) is 0 Å². The van der Waals surface area contributed by atoms with Gasteiger partial charge >= 0.3 is 0 Å². The van der Waals surface area contributed by atoms with Gasteiger partial charge in [-0.3, -0.25) is 4.79 Å². The summed E-state index contributed by atoms with van der Waals surface area (Å²) in [5, 5.41) is 9.05. The molecule has 1 heterocycles. The predicted octanol–water partition coefficient (Wildman–Crippen LogP) is 1.74. The molecule has 2 rings (SSSR count). The molecular formula is C14H17BrFNO3. The molecule has 0 saturated carbocycles. The fourth-order valence-corrected chi connectivity index (χ4v) is 2.64. The van der Waals surface area contributed by atoms with Crippen molar-refractivity contribution in [3.8, 4) is 0 Å². The number of rotatable bonds is 4. The number of aryl methyl sites for hydroxylation is 1. The molecule has 6 heteroatoms. The van der Waals surface area contributed by atoms with Gasteiger partial charge in [-0.1, -0.05) is 15.9 Å². The average molecular weight is 346 g/mol. The van der Waals surface area contributed by atoms with Crippen LogP contribution in [0, 0.1) is 5.82 Å². The van der Waals surface area contributed by atoms with Gasteiger partial charge in [-0.25, -0.2) is 4.39 Å². The van der Waals surface area contributed by atoms with Crippen LogP contribution in [0.5, 0.6) is 0 Å². The molecule has 1 fully saturated rings. The molecule has 20 heavy (non-hydrogen) atoms. The number of ether oxygens (including phenoxy) is 1. The zero-order chi connectivity index (χ0) is 14.5. The summed E-state index contributed by atoms with van der Waals surface area (Å²) in [4.78, 5) is 13.8. The van der Waals surface area contributed by atoms with Gasteiger partial charge in [-0.05, 0) is 30.2 Å². The molecule has 1 amide bonds. The van der Waals surface area contributed by atoms with Crippen molar-refractivity contribution in [3.63, 3.8) is 0 Å². The number of halogens is 2. The van der Waals surface area contributed by atoms with E-state index < -0.39 is 0 Å². The van der Waals surface area contributed by atoms with Crippen molar-refractivity contribution < 1.29 is 19.0 Å². The lowest BCUT2D eigenvalue weighted by Gasteiger charge is -2.32. The zero-order valence-corrected chi connectivity index (χ0v) is 12.6. The molecule has 1 N–H and O–H groups in total. The SMILES string of the molecule is O=C(CCc1cc(F)ccc1Br)N1CCO[C@H](CO)C1. The van der Waals surface area contributed by atoms with E-state index in [2.05, 4.69) is 15.9 Å². The molecule has 1 aromatic rings. The molecule has 110 valence electrons. The lowest BCUT2D eigenvalue weighted by atomic mass is 10.1. The number of carbonyl (C=O) groups excluding carboxylic acids is 1. The van der Waals surface area contributed by atoms with Gasteiger partial charge in [-0.2, -0.15) is 0 Å². The van der Waals surface area contributed by atoms with Crippen molar-refractivity contribution in [2.75, 3.05) is 26.3 Å². The monoisotopic (exact) mass is 345 g/mol. The van der Waals surface area contributed by atoms with Crippen molar-refractivity contribution in [2.24, 2.45) is 0 Å². The number of hydrogen-bond acceptors (Lipinski definition) is 3. The Bertz CT molecular complexity index is 483. The number of aliphatic hydroxyl groups excluding tert-OH is 1. The Morgan fingerprint density at radius 1 is 1.55 bits per heavy atom. The third-order valence-electron chi connectivity index (χ3n) is 3.31. The molecule has 1 aliphatic rings. The van der Waals surface area contributed by atoms with Crippen LogP contribution in [0.3, 0.4) is 0 Å². The van der Waals surface area contributed by atoms with Crippen LogP contribution in [-0.2, 0) is 16.0 Å². The second-order valence-corrected chi connectivity index (χ2v) is 5.61. The van der Waals surface area contributed by atoms with E-state index in [9.17, 15) is 9.18 Å². The maximum Gasteiger partial charge on any atom is 0.223 e. The molecule has 0 aromatic heterocycles. The molecule has 1 aliphatic heterocycles. The minimum absolute atomic E-state index is 0.00270. The summed E-state index contributed by atoms with van der Waals surface area (Å²) in [5.74, 6) is -0.301. The second kappa shape index (κ2) is 7.15. The number of hydrogen-bond donors (Lipinski definition) is 1. The fraction of sp³-hybridized carbons (Fsp3) is 0.500. The van der Waals surface area contributed by atoms with Gasteiger partial charge in [-0.15, -0.1) is 0 Å². The Labute approximate surface area is 125 Å². The molecule has 1 saturated heterocycles. The van der Waals surface area contributed by atoms with Crippen LogP contribution >= 0.6 is 15.9 Å². The van der Waals surface area contributed by atoms with Crippen LogP contribution in [0.15, 0.2) is 22.7 Å². The molecule has 0 radical (unpaired) electrons. The summed E-state index contributed by atoms with van der Waals surface area (Å²) in [6.45, 7) is 1.32. The van der Waals surface area contributed by atoms with Crippen molar-refractivity contribution in [3.05, 3.63) is 34.1 Å². The standard InChI is InChI=1S/C14H17BrFNO3/c15-13-3-2-11(16)7-10(13)1-4-14(19)17-5-6-20-12(8-17)9-18/h2-3,7,12,18H,1,4-6,8-9H2/t12-/m0/s1. The largest absolute Gasteiger partial charge is 0.394 e. The van der Waals surface area contributed by atoms with E-state index in [1.54, 1.807) is 11.0 Å². The molecule has 0 unspecified atom stereocenters. The van der Waals surface area contributed by atoms with Gasteiger partial charge in [0.1, 0.15) is 5.82 Å². The first kappa shape index (κ1) is 15.4. The molecule has 4 nitrogen and oxygen atoms in total. The number of nitrogens with zero attached hydrogens (tertiary/aromatic N) is 1. The smallest absolute Gasteiger partial charge is 0.223 e. The quantitative estimate of drug-likeness (QED) is 0.904. The first-order valence-corrected chi connectivity index (χ1v) is 7.33. The van der Waals surface area contributed by atoms with Crippen molar-refractivity contribution in [1.82, 2.24) is 4.90 Å². The van der Waals surface area contributed by atoms with Crippen molar-refractivity contribution in [2.45, 2.75) is 18.9 Å². The zero-order valence-electron chi connectivity index (χ0n) is 11.0. The van der Waals surface area contributed by atoms with E-state index in [0.29, 0.717) is 32.5 Å². The van der Waals surface area contributed by atoms with E-state index >= 15 is 0 Å². The summed E-state index contributed by atoms with van der Waals surface area (Å²) >= 11 is 3.35. The molecule has 1 aromatic carbocycles. The predicted molar refractivity (Wildman–Crippen MR) is 75.8 cm³/mol. The van der Waals surface area contributed by atoms with Gasteiger partial charge in [0.25, 0.3) is 0 Å². The number of amides is 1. The summed E-state index contributed by atoms with van der Waals surface area (Å²) in [5.41, 5.74) is 0.783. The third kappa shape index (κ3) is 4.01. The summed E-state index contributed by atoms with van der Waals surface area (Å²) in [7, 11) is 0. The van der Waals surface area contributed by atoms with Crippen LogP contribution in [0.25, 0.3) is 0 Å². The van der Waals surface area contributed by atoms with E-state index in [-0.39, 0.29) is 24.4 Å². The number of morpholine rings is 1. The van der Waals surface area contributed by atoms with Gasteiger partial charge in [0.15, 0.2) is 0 Å². The fourth-order valence-electron chi connectivity index (χ4n) is 2.19. The van der Waals surface area contributed by atoms with Crippen molar-refractivity contribution in [1.29, 1.82) is 0 Å². The van der Waals surface area contributed by atoms with Crippen LogP contribution < -0.4 is 0 Å².